The molecule has 0 aliphatic carbocycles. The Hall–Kier alpha value is -1.14. The summed E-state index contributed by atoms with van der Waals surface area (Å²) in [4.78, 5) is 16.2. The van der Waals surface area contributed by atoms with Crippen LogP contribution in [0.4, 0.5) is 5.13 Å². The van der Waals surface area contributed by atoms with Gasteiger partial charge in [0, 0.05) is 22.6 Å². The molecule has 0 aromatic carbocycles. The molecule has 0 radical (unpaired) electrons. The number of aromatic nitrogens is 2. The highest BCUT2D eigenvalue weighted by Crippen LogP contribution is 2.18. The number of hydrogen-bond donors (Lipinski definition) is 1. The van der Waals surface area contributed by atoms with Gasteiger partial charge in [0.1, 0.15) is 5.69 Å². The molecule has 2 aromatic rings. The third-order valence-corrected chi connectivity index (χ3v) is 3.59. The Morgan fingerprint density at radius 3 is 3.00 bits per heavy atom. The molecule has 0 aliphatic heterocycles. The van der Waals surface area contributed by atoms with Gasteiger partial charge in [-0.2, -0.15) is 0 Å². The van der Waals surface area contributed by atoms with Crippen LogP contribution in [0.1, 0.15) is 23.1 Å². The van der Waals surface area contributed by atoms with Gasteiger partial charge in [0.2, 0.25) is 0 Å². The Bertz CT molecular complexity index is 547. The number of rotatable bonds is 3. The van der Waals surface area contributed by atoms with E-state index < -0.39 is 0 Å². The van der Waals surface area contributed by atoms with E-state index in [4.69, 9.17) is 0 Å². The molecule has 0 fully saturated rings. The second kappa shape index (κ2) is 5.01. The van der Waals surface area contributed by atoms with Crippen molar-refractivity contribution in [3.05, 3.63) is 33.5 Å². The summed E-state index contributed by atoms with van der Waals surface area (Å²) < 4.78 is 2.79. The Balaban J connectivity index is 2.19. The van der Waals surface area contributed by atoms with Gasteiger partial charge in [-0.25, -0.2) is 4.98 Å². The maximum atomic E-state index is 12.0. The fourth-order valence-electron chi connectivity index (χ4n) is 1.50. The smallest absolute Gasteiger partial charge is 0.274 e. The molecule has 0 atom stereocenters. The maximum Gasteiger partial charge on any atom is 0.274 e. The molecule has 2 aromatic heterocycles. The zero-order chi connectivity index (χ0) is 12.4. The molecule has 4 nitrogen and oxygen atoms in total. The summed E-state index contributed by atoms with van der Waals surface area (Å²) in [5, 5.41) is 5.33. The van der Waals surface area contributed by atoms with Gasteiger partial charge >= 0.3 is 0 Å². The van der Waals surface area contributed by atoms with Gasteiger partial charge in [0.05, 0.1) is 5.69 Å². The van der Waals surface area contributed by atoms with Crippen LogP contribution in [0.3, 0.4) is 0 Å². The first-order chi connectivity index (χ1) is 8.10. The van der Waals surface area contributed by atoms with E-state index in [1.807, 2.05) is 30.0 Å². The lowest BCUT2D eigenvalue weighted by Gasteiger charge is -2.05. The first-order valence-corrected chi connectivity index (χ1v) is 6.86. The lowest BCUT2D eigenvalue weighted by Crippen LogP contribution is -2.16. The van der Waals surface area contributed by atoms with Crippen LogP contribution in [0, 0.1) is 6.92 Å². The number of carbonyl (C=O) groups excluding carboxylic acids is 1. The lowest BCUT2D eigenvalue weighted by atomic mass is 10.4. The van der Waals surface area contributed by atoms with Crippen molar-refractivity contribution < 1.29 is 4.79 Å². The molecule has 17 heavy (non-hydrogen) atoms. The van der Waals surface area contributed by atoms with Crippen molar-refractivity contribution >= 4 is 38.3 Å². The number of carbonyl (C=O) groups is 1. The van der Waals surface area contributed by atoms with Gasteiger partial charge in [0.25, 0.3) is 5.91 Å². The second-order valence-electron chi connectivity index (χ2n) is 3.58. The largest absolute Gasteiger partial charge is 0.343 e. The molecule has 0 saturated heterocycles. The fraction of sp³-hybridized carbons (Fsp3) is 0.273. The molecule has 0 bridgehead atoms. The van der Waals surface area contributed by atoms with Crippen molar-refractivity contribution in [3.8, 4) is 0 Å². The van der Waals surface area contributed by atoms with Gasteiger partial charge in [0.15, 0.2) is 5.13 Å². The molecule has 1 amide bonds. The van der Waals surface area contributed by atoms with Gasteiger partial charge in [-0.3, -0.25) is 10.1 Å². The molecule has 2 rings (SSSR count). The highest BCUT2D eigenvalue weighted by atomic mass is 79.9. The second-order valence-corrected chi connectivity index (χ2v) is 5.35. The molecule has 0 unspecified atom stereocenters. The van der Waals surface area contributed by atoms with E-state index >= 15 is 0 Å². The van der Waals surface area contributed by atoms with Crippen molar-refractivity contribution in [2.75, 3.05) is 5.32 Å². The number of amides is 1. The standard InChI is InChI=1S/C11H12BrN3OS/c1-3-15-5-8(12)4-9(15)10(16)14-11-13-7(2)6-17-11/h4-6H,3H2,1-2H3,(H,13,14,16). The van der Waals surface area contributed by atoms with Crippen molar-refractivity contribution in [1.82, 2.24) is 9.55 Å². The number of halogens is 1. The van der Waals surface area contributed by atoms with Crippen LogP contribution in [0.25, 0.3) is 0 Å². The Kier molecular flexibility index (Phi) is 3.63. The first kappa shape index (κ1) is 12.3. The van der Waals surface area contributed by atoms with Crippen LogP contribution in [0.15, 0.2) is 22.1 Å². The highest BCUT2D eigenvalue weighted by Gasteiger charge is 2.13. The number of hydrogen-bond acceptors (Lipinski definition) is 3. The highest BCUT2D eigenvalue weighted by molar-refractivity contribution is 9.10. The van der Waals surface area contributed by atoms with E-state index in [0.717, 1.165) is 16.7 Å². The van der Waals surface area contributed by atoms with Crippen LogP contribution in [-0.4, -0.2) is 15.5 Å². The van der Waals surface area contributed by atoms with E-state index in [1.54, 1.807) is 6.07 Å². The fourth-order valence-corrected chi connectivity index (χ4v) is 2.65. The molecule has 6 heteroatoms. The zero-order valence-electron chi connectivity index (χ0n) is 9.53. The summed E-state index contributed by atoms with van der Waals surface area (Å²) in [6, 6.07) is 1.80. The van der Waals surface area contributed by atoms with E-state index in [1.165, 1.54) is 11.3 Å². The van der Waals surface area contributed by atoms with E-state index in [9.17, 15) is 4.79 Å². The number of nitrogens with one attached hydrogen (secondary N) is 1. The summed E-state index contributed by atoms with van der Waals surface area (Å²) in [5.74, 6) is -0.132. The minimum absolute atomic E-state index is 0.132. The lowest BCUT2D eigenvalue weighted by molar-refractivity contribution is 0.101. The molecule has 2 heterocycles. The quantitative estimate of drug-likeness (QED) is 0.945. The van der Waals surface area contributed by atoms with Gasteiger partial charge in [-0.1, -0.05) is 0 Å². The molecule has 0 aliphatic rings. The minimum atomic E-state index is -0.132. The SMILES string of the molecule is CCn1cc(Br)cc1C(=O)Nc1nc(C)cs1. The van der Waals surface area contributed by atoms with Gasteiger partial charge in [-0.15, -0.1) is 11.3 Å². The molecule has 0 spiro atoms. The van der Waals surface area contributed by atoms with E-state index in [-0.39, 0.29) is 5.91 Å². The third-order valence-electron chi connectivity index (χ3n) is 2.28. The number of anilines is 1. The average Bonchev–Trinajstić information content (AvgIpc) is 2.84. The summed E-state index contributed by atoms with van der Waals surface area (Å²) in [6.07, 6.45) is 1.89. The average molecular weight is 314 g/mol. The van der Waals surface area contributed by atoms with Crippen LogP contribution in [0.2, 0.25) is 0 Å². The van der Waals surface area contributed by atoms with Crippen LogP contribution in [-0.2, 0) is 6.54 Å². The topological polar surface area (TPSA) is 46.9 Å². The summed E-state index contributed by atoms with van der Waals surface area (Å²) in [7, 11) is 0. The molecular formula is C11H12BrN3OS. The molecular weight excluding hydrogens is 302 g/mol. The van der Waals surface area contributed by atoms with Crippen molar-refractivity contribution in [1.29, 1.82) is 0 Å². The Morgan fingerprint density at radius 1 is 1.65 bits per heavy atom. The minimum Gasteiger partial charge on any atom is -0.343 e. The van der Waals surface area contributed by atoms with Crippen molar-refractivity contribution in [2.24, 2.45) is 0 Å². The van der Waals surface area contributed by atoms with Crippen LogP contribution in [0.5, 0.6) is 0 Å². The predicted octanol–water partition coefficient (Wildman–Crippen LogP) is 3.29. The Morgan fingerprint density at radius 2 is 2.41 bits per heavy atom. The predicted molar refractivity (Wildman–Crippen MR) is 72.6 cm³/mol. The monoisotopic (exact) mass is 313 g/mol. The molecule has 0 saturated carbocycles. The number of aryl methyl sites for hydroxylation is 2. The van der Waals surface area contributed by atoms with Gasteiger partial charge in [-0.05, 0) is 35.8 Å². The zero-order valence-corrected chi connectivity index (χ0v) is 11.9. The first-order valence-electron chi connectivity index (χ1n) is 5.19. The molecule has 1 N–H and O–H groups in total. The Labute approximate surface area is 112 Å². The summed E-state index contributed by atoms with van der Waals surface area (Å²) in [5.41, 5.74) is 1.55. The van der Waals surface area contributed by atoms with Crippen molar-refractivity contribution in [3.63, 3.8) is 0 Å². The van der Waals surface area contributed by atoms with Crippen LogP contribution >= 0.6 is 27.3 Å². The molecule has 90 valence electrons. The van der Waals surface area contributed by atoms with Crippen molar-refractivity contribution in [2.45, 2.75) is 20.4 Å². The number of nitrogens with zero attached hydrogens (tertiary/aromatic N) is 2. The third kappa shape index (κ3) is 2.76. The number of thiazole rings is 1. The summed E-state index contributed by atoms with van der Waals surface area (Å²) in [6.45, 7) is 4.65. The summed E-state index contributed by atoms with van der Waals surface area (Å²) >= 11 is 4.80. The normalized spacial score (nSPS) is 10.5. The van der Waals surface area contributed by atoms with Gasteiger partial charge < -0.3 is 4.57 Å². The van der Waals surface area contributed by atoms with E-state index in [2.05, 4.69) is 26.2 Å². The van der Waals surface area contributed by atoms with Crippen LogP contribution < -0.4 is 5.32 Å². The van der Waals surface area contributed by atoms with E-state index in [0.29, 0.717) is 10.8 Å². The maximum absolute atomic E-state index is 12.0.